The van der Waals surface area contributed by atoms with Crippen LogP contribution in [0.2, 0.25) is 0 Å². The molecular weight excluding hydrogens is 410 g/mol. The van der Waals surface area contributed by atoms with Gasteiger partial charge in [-0.3, -0.25) is 9.48 Å². The Balaban J connectivity index is 1.75. The number of rotatable bonds is 2. The first-order valence-corrected chi connectivity index (χ1v) is 12.6. The first-order chi connectivity index (χ1) is 14.7. The first-order valence-electron chi connectivity index (χ1n) is 10.8. The Bertz CT molecular complexity index is 1250. The molecular formula is C24H25N3O3S. The minimum atomic E-state index is -3.07. The van der Waals surface area contributed by atoms with Gasteiger partial charge in [-0.05, 0) is 25.2 Å². The molecule has 2 heterocycles. The number of ketones is 1. The number of carbonyl (C=O) groups excluding carboxylic acids is 1. The fourth-order valence-corrected chi connectivity index (χ4v) is 7.57. The topological polar surface area (TPSA) is 92.8 Å². The summed E-state index contributed by atoms with van der Waals surface area (Å²) in [4.78, 5) is 12.7. The third kappa shape index (κ3) is 3.00. The second kappa shape index (κ2) is 6.89. The molecule has 7 heteroatoms. The molecule has 2 aromatic rings. The predicted octanol–water partition coefficient (Wildman–Crippen LogP) is 3.40. The molecule has 0 radical (unpaired) electrons. The molecule has 1 aromatic carbocycles. The number of allylic oxidation sites excluding steroid dienone is 2. The number of nitriles is 1. The number of sulfone groups is 1. The SMILES string of the molecule is C[C@H]1C(=O)C(C#N)=C[C@@]2(C)c3nn(C4CCS(=O)(=O)C4)c(-c4ccccc4)c3CC[C@H]12. The van der Waals surface area contributed by atoms with E-state index in [0.29, 0.717) is 6.42 Å². The number of aromatic nitrogens is 2. The summed E-state index contributed by atoms with van der Waals surface area (Å²) < 4.78 is 26.4. The highest BCUT2D eigenvalue weighted by molar-refractivity contribution is 7.91. The number of hydrogen-bond donors (Lipinski definition) is 0. The average molecular weight is 436 g/mol. The van der Waals surface area contributed by atoms with Gasteiger partial charge < -0.3 is 0 Å². The summed E-state index contributed by atoms with van der Waals surface area (Å²) >= 11 is 0. The lowest BCUT2D eigenvalue weighted by Crippen LogP contribution is -2.45. The molecule has 160 valence electrons. The molecule has 5 rings (SSSR count). The van der Waals surface area contributed by atoms with Gasteiger partial charge in [0.05, 0.1) is 34.5 Å². The zero-order valence-electron chi connectivity index (χ0n) is 17.7. The summed E-state index contributed by atoms with van der Waals surface area (Å²) in [6.07, 6.45) is 3.99. The highest BCUT2D eigenvalue weighted by atomic mass is 32.2. The fourth-order valence-electron chi connectivity index (χ4n) is 5.88. The lowest BCUT2D eigenvalue weighted by atomic mass is 9.58. The van der Waals surface area contributed by atoms with E-state index in [0.717, 1.165) is 35.4 Å². The maximum atomic E-state index is 12.7. The van der Waals surface area contributed by atoms with Crippen LogP contribution in [0.4, 0.5) is 0 Å². The largest absolute Gasteiger partial charge is 0.293 e. The molecule has 0 amide bonds. The van der Waals surface area contributed by atoms with E-state index < -0.39 is 15.3 Å². The van der Waals surface area contributed by atoms with E-state index in [1.165, 1.54) is 0 Å². The lowest BCUT2D eigenvalue weighted by Gasteiger charge is -2.44. The average Bonchev–Trinajstić information content (AvgIpc) is 3.32. The minimum absolute atomic E-state index is 0.0730. The first kappa shape index (κ1) is 20.2. The van der Waals surface area contributed by atoms with Crippen molar-refractivity contribution in [2.24, 2.45) is 11.8 Å². The van der Waals surface area contributed by atoms with Crippen molar-refractivity contribution in [3.05, 3.63) is 53.2 Å². The summed E-state index contributed by atoms with van der Waals surface area (Å²) in [7, 11) is -3.07. The fraction of sp³-hybridized carbons (Fsp3) is 0.458. The van der Waals surface area contributed by atoms with Crippen LogP contribution in [0, 0.1) is 23.2 Å². The van der Waals surface area contributed by atoms with Crippen molar-refractivity contribution >= 4 is 15.6 Å². The molecule has 1 saturated heterocycles. The van der Waals surface area contributed by atoms with Crippen LogP contribution in [-0.2, 0) is 26.5 Å². The second-order valence-electron chi connectivity index (χ2n) is 9.29. The standard InChI is InChI=1S/C24H25N3O3S/c1-15-20-9-8-19-21(16-6-4-3-5-7-16)27(18-10-11-31(29,30)14-18)26-23(19)24(20,2)12-17(13-25)22(15)28/h3-7,12,15,18,20H,8-11,14H2,1-2H3/t15-,18?,20-,24-/m1/s1. The summed E-state index contributed by atoms with van der Waals surface area (Å²) in [5.74, 6) is 0.0269. The van der Waals surface area contributed by atoms with Gasteiger partial charge in [0.2, 0.25) is 0 Å². The van der Waals surface area contributed by atoms with E-state index in [9.17, 15) is 18.5 Å². The van der Waals surface area contributed by atoms with E-state index in [4.69, 9.17) is 5.10 Å². The Hall–Kier alpha value is -2.72. The molecule has 6 nitrogen and oxygen atoms in total. The van der Waals surface area contributed by atoms with Crippen molar-refractivity contribution in [2.45, 2.75) is 44.6 Å². The van der Waals surface area contributed by atoms with Gasteiger partial charge in [-0.25, -0.2) is 8.42 Å². The van der Waals surface area contributed by atoms with E-state index in [2.05, 4.69) is 13.0 Å². The van der Waals surface area contributed by atoms with E-state index in [-0.39, 0.29) is 40.7 Å². The third-order valence-electron chi connectivity index (χ3n) is 7.44. The molecule has 2 aliphatic carbocycles. The maximum absolute atomic E-state index is 12.7. The normalized spacial score (nSPS) is 31.5. The van der Waals surface area contributed by atoms with Crippen LogP contribution in [0.25, 0.3) is 11.3 Å². The summed E-state index contributed by atoms with van der Waals surface area (Å²) in [6, 6.07) is 11.9. The number of hydrogen-bond acceptors (Lipinski definition) is 5. The maximum Gasteiger partial charge on any atom is 0.176 e. The number of benzene rings is 1. The lowest BCUT2D eigenvalue weighted by molar-refractivity contribution is -0.121. The summed E-state index contributed by atoms with van der Waals surface area (Å²) in [5, 5.41) is 14.6. The molecule has 0 N–H and O–H groups in total. The highest BCUT2D eigenvalue weighted by Crippen LogP contribution is 2.51. The van der Waals surface area contributed by atoms with Crippen molar-refractivity contribution in [3.8, 4) is 17.3 Å². The van der Waals surface area contributed by atoms with E-state index in [1.807, 2.05) is 48.0 Å². The molecule has 1 fully saturated rings. The molecule has 4 atom stereocenters. The minimum Gasteiger partial charge on any atom is -0.293 e. The molecule has 31 heavy (non-hydrogen) atoms. The van der Waals surface area contributed by atoms with Crippen molar-refractivity contribution in [3.63, 3.8) is 0 Å². The van der Waals surface area contributed by atoms with Gasteiger partial charge in [0.1, 0.15) is 6.07 Å². The zero-order valence-corrected chi connectivity index (χ0v) is 18.5. The predicted molar refractivity (Wildman–Crippen MR) is 117 cm³/mol. The van der Waals surface area contributed by atoms with Crippen LogP contribution >= 0.6 is 0 Å². The van der Waals surface area contributed by atoms with Gasteiger partial charge in [-0.1, -0.05) is 50.3 Å². The van der Waals surface area contributed by atoms with Gasteiger partial charge >= 0.3 is 0 Å². The zero-order chi connectivity index (χ0) is 22.0. The quantitative estimate of drug-likeness (QED) is 0.721. The molecule has 1 aromatic heterocycles. The van der Waals surface area contributed by atoms with Gasteiger partial charge in [-0.2, -0.15) is 10.4 Å². The van der Waals surface area contributed by atoms with Gasteiger partial charge in [0.15, 0.2) is 15.6 Å². The molecule has 0 saturated carbocycles. The van der Waals surface area contributed by atoms with E-state index in [1.54, 1.807) is 0 Å². The molecule has 3 aliphatic rings. The number of fused-ring (bicyclic) bond motifs is 3. The van der Waals surface area contributed by atoms with Gasteiger partial charge in [0, 0.05) is 22.5 Å². The van der Waals surface area contributed by atoms with Crippen LogP contribution < -0.4 is 0 Å². The summed E-state index contributed by atoms with van der Waals surface area (Å²) in [5.41, 5.74) is 3.68. The number of carbonyl (C=O) groups is 1. The van der Waals surface area contributed by atoms with Crippen molar-refractivity contribution in [1.82, 2.24) is 9.78 Å². The van der Waals surface area contributed by atoms with Gasteiger partial charge in [-0.15, -0.1) is 0 Å². The third-order valence-corrected chi connectivity index (χ3v) is 9.19. The molecule has 1 aliphatic heterocycles. The Morgan fingerprint density at radius 3 is 2.61 bits per heavy atom. The number of Topliss-reactive ketones (excluding diaryl/α,β-unsaturated/α-hetero) is 1. The van der Waals surface area contributed by atoms with Gasteiger partial charge in [0.25, 0.3) is 0 Å². The molecule has 0 bridgehead atoms. The van der Waals surface area contributed by atoms with Crippen LogP contribution in [0.1, 0.15) is 44.0 Å². The van der Waals surface area contributed by atoms with Crippen molar-refractivity contribution in [1.29, 1.82) is 5.26 Å². The monoisotopic (exact) mass is 435 g/mol. The highest BCUT2D eigenvalue weighted by Gasteiger charge is 2.50. The summed E-state index contributed by atoms with van der Waals surface area (Å²) in [6.45, 7) is 3.99. The second-order valence-corrected chi connectivity index (χ2v) is 11.5. The van der Waals surface area contributed by atoms with Crippen LogP contribution in [0.3, 0.4) is 0 Å². The Kier molecular flexibility index (Phi) is 4.49. The smallest absolute Gasteiger partial charge is 0.176 e. The van der Waals surface area contributed by atoms with Crippen LogP contribution in [0.15, 0.2) is 42.0 Å². The van der Waals surface area contributed by atoms with E-state index >= 15 is 0 Å². The molecule has 0 spiro atoms. The van der Waals surface area contributed by atoms with Crippen molar-refractivity contribution in [2.75, 3.05) is 11.5 Å². The van der Waals surface area contributed by atoms with Crippen LogP contribution in [-0.4, -0.2) is 35.5 Å². The Morgan fingerprint density at radius 1 is 1.23 bits per heavy atom. The Labute approximate surface area is 182 Å². The number of nitrogens with zero attached hydrogens (tertiary/aromatic N) is 3. The Morgan fingerprint density at radius 2 is 1.97 bits per heavy atom. The van der Waals surface area contributed by atoms with Crippen molar-refractivity contribution < 1.29 is 13.2 Å². The molecule has 1 unspecified atom stereocenters. The van der Waals surface area contributed by atoms with Crippen LogP contribution in [0.5, 0.6) is 0 Å².